The number of H-pyrrole nitrogens is 1. The topological polar surface area (TPSA) is 77.6 Å². The van der Waals surface area contributed by atoms with Gasteiger partial charge < -0.3 is 19.2 Å². The second-order valence-electron chi connectivity index (χ2n) is 8.94. The van der Waals surface area contributed by atoms with Crippen molar-refractivity contribution in [3.63, 3.8) is 0 Å². The third-order valence-corrected chi connectivity index (χ3v) is 6.03. The summed E-state index contributed by atoms with van der Waals surface area (Å²) < 4.78 is 30.7. The highest BCUT2D eigenvalue weighted by molar-refractivity contribution is 5.99. The number of fused-ring (bicyclic) bond motifs is 1. The van der Waals surface area contributed by atoms with Crippen LogP contribution in [-0.2, 0) is 25.7 Å². The molecule has 3 aromatic carbocycles. The molecule has 6 nitrogen and oxygen atoms in total. The van der Waals surface area contributed by atoms with Gasteiger partial charge in [0, 0.05) is 42.4 Å². The van der Waals surface area contributed by atoms with Crippen LogP contribution < -0.4 is 4.74 Å². The summed E-state index contributed by atoms with van der Waals surface area (Å²) in [5.74, 6) is -4.54. The number of hydrogen-bond donors (Lipinski definition) is 1. The third-order valence-electron chi connectivity index (χ3n) is 6.03. The maximum absolute atomic E-state index is 13.7. The molecule has 7 heteroatoms. The molecule has 1 N–H and O–H groups in total. The van der Waals surface area contributed by atoms with Crippen molar-refractivity contribution in [2.75, 3.05) is 0 Å². The molecule has 0 radical (unpaired) electrons. The molecule has 0 aliphatic carbocycles. The standard InChI is InChI=1S/C28H24FNO5/c1-28(2)34-26(31)25(27(32)35-28)24(21-15-30-22-12-5-3-10-19(21)22)20-11-4-6-13-23(20)33-16-17-8-7-9-18(29)14-17/h3-15,24-25,30H,16H2,1-2H3/t24-/m0/s1. The van der Waals surface area contributed by atoms with Crippen LogP contribution >= 0.6 is 0 Å². The van der Waals surface area contributed by atoms with Crippen molar-refractivity contribution < 1.29 is 28.2 Å². The molecule has 0 unspecified atom stereocenters. The number of ether oxygens (including phenoxy) is 3. The van der Waals surface area contributed by atoms with E-state index in [2.05, 4.69) is 4.98 Å². The first-order valence-electron chi connectivity index (χ1n) is 11.3. The van der Waals surface area contributed by atoms with Crippen molar-refractivity contribution in [2.24, 2.45) is 5.92 Å². The molecular formula is C28H24FNO5. The zero-order chi connectivity index (χ0) is 24.6. The summed E-state index contributed by atoms with van der Waals surface area (Å²) in [6, 6.07) is 21.0. The van der Waals surface area contributed by atoms with Gasteiger partial charge in [-0.15, -0.1) is 0 Å². The number of rotatable bonds is 6. The number of carbonyl (C=O) groups excluding carboxylic acids is 2. The van der Waals surface area contributed by atoms with Gasteiger partial charge in [0.25, 0.3) is 5.79 Å². The minimum absolute atomic E-state index is 0.113. The SMILES string of the molecule is CC1(C)OC(=O)C([C@@H](c2ccccc2OCc2cccc(F)c2)c2c[nH]c3ccccc23)C(=O)O1. The lowest BCUT2D eigenvalue weighted by Crippen LogP contribution is -2.48. The van der Waals surface area contributed by atoms with Crippen LogP contribution in [0.2, 0.25) is 0 Å². The van der Waals surface area contributed by atoms with Crippen LogP contribution in [0.5, 0.6) is 5.75 Å². The second kappa shape index (κ2) is 8.91. The second-order valence-corrected chi connectivity index (χ2v) is 8.94. The van der Waals surface area contributed by atoms with Crippen LogP contribution in [0.1, 0.15) is 36.5 Å². The molecule has 0 spiro atoms. The molecule has 0 bridgehead atoms. The van der Waals surface area contributed by atoms with Gasteiger partial charge in [-0.05, 0) is 35.4 Å². The number of cyclic esters (lactones) is 2. The van der Waals surface area contributed by atoms with Crippen LogP contribution in [0.4, 0.5) is 4.39 Å². The van der Waals surface area contributed by atoms with E-state index >= 15 is 0 Å². The Kier molecular flexibility index (Phi) is 5.76. The Morgan fingerprint density at radius 1 is 0.943 bits per heavy atom. The predicted molar refractivity (Wildman–Crippen MR) is 127 cm³/mol. The fourth-order valence-corrected chi connectivity index (χ4v) is 4.54. The number of hydrogen-bond acceptors (Lipinski definition) is 5. The van der Waals surface area contributed by atoms with Crippen LogP contribution in [0, 0.1) is 11.7 Å². The molecule has 1 saturated heterocycles. The number of carbonyl (C=O) groups is 2. The van der Waals surface area contributed by atoms with Gasteiger partial charge in [0.2, 0.25) is 0 Å². The lowest BCUT2D eigenvalue weighted by molar-refractivity contribution is -0.240. The first-order chi connectivity index (χ1) is 16.8. The summed E-state index contributed by atoms with van der Waals surface area (Å²) in [5, 5.41) is 0.864. The minimum Gasteiger partial charge on any atom is -0.489 e. The largest absolute Gasteiger partial charge is 0.489 e. The van der Waals surface area contributed by atoms with Crippen molar-refractivity contribution in [3.8, 4) is 5.75 Å². The Morgan fingerprint density at radius 3 is 2.43 bits per heavy atom. The van der Waals surface area contributed by atoms with E-state index in [9.17, 15) is 14.0 Å². The molecule has 0 saturated carbocycles. The minimum atomic E-state index is -1.34. The summed E-state index contributed by atoms with van der Waals surface area (Å²) in [4.78, 5) is 29.6. The zero-order valence-corrected chi connectivity index (χ0v) is 19.3. The molecule has 178 valence electrons. The predicted octanol–water partition coefficient (Wildman–Crippen LogP) is 5.47. The number of halogens is 1. The molecule has 1 aliphatic rings. The Labute approximate surface area is 201 Å². The average molecular weight is 474 g/mol. The van der Waals surface area contributed by atoms with E-state index in [0.29, 0.717) is 16.9 Å². The first-order valence-corrected chi connectivity index (χ1v) is 11.3. The van der Waals surface area contributed by atoms with E-state index < -0.39 is 29.6 Å². The molecule has 1 aromatic heterocycles. The molecule has 1 aliphatic heterocycles. The average Bonchev–Trinajstić information content (AvgIpc) is 3.24. The van der Waals surface area contributed by atoms with Gasteiger partial charge >= 0.3 is 11.9 Å². The monoisotopic (exact) mass is 473 g/mol. The van der Waals surface area contributed by atoms with Crippen molar-refractivity contribution in [1.82, 2.24) is 4.98 Å². The lowest BCUT2D eigenvalue weighted by Gasteiger charge is -2.36. The quantitative estimate of drug-likeness (QED) is 0.297. The van der Waals surface area contributed by atoms with Gasteiger partial charge in [0.15, 0.2) is 5.92 Å². The number of esters is 2. The van der Waals surface area contributed by atoms with Crippen molar-refractivity contribution in [1.29, 1.82) is 0 Å². The summed E-state index contributed by atoms with van der Waals surface area (Å²) in [6.07, 6.45) is 1.79. The molecule has 35 heavy (non-hydrogen) atoms. The first kappa shape index (κ1) is 22.7. The highest BCUT2D eigenvalue weighted by Crippen LogP contribution is 2.43. The summed E-state index contributed by atoms with van der Waals surface area (Å²) in [6.45, 7) is 3.16. The smallest absolute Gasteiger partial charge is 0.324 e. The van der Waals surface area contributed by atoms with E-state index in [1.54, 1.807) is 30.5 Å². The maximum Gasteiger partial charge on any atom is 0.324 e. The van der Waals surface area contributed by atoms with Crippen molar-refractivity contribution in [3.05, 3.63) is 102 Å². The number of aromatic nitrogens is 1. The highest BCUT2D eigenvalue weighted by atomic mass is 19.1. The van der Waals surface area contributed by atoms with Crippen molar-refractivity contribution >= 4 is 22.8 Å². The van der Waals surface area contributed by atoms with Crippen LogP contribution in [0.3, 0.4) is 0 Å². The number of aromatic amines is 1. The van der Waals surface area contributed by atoms with E-state index in [1.807, 2.05) is 36.4 Å². The summed E-state index contributed by atoms with van der Waals surface area (Å²) >= 11 is 0. The summed E-state index contributed by atoms with van der Waals surface area (Å²) in [5.41, 5.74) is 2.87. The van der Waals surface area contributed by atoms with Crippen LogP contribution in [0.15, 0.2) is 79.0 Å². The Hall–Kier alpha value is -4.13. The van der Waals surface area contributed by atoms with E-state index in [-0.39, 0.29) is 12.4 Å². The Bertz CT molecular complexity index is 1390. The van der Waals surface area contributed by atoms with Crippen LogP contribution in [-0.4, -0.2) is 22.7 Å². The molecule has 1 fully saturated rings. The van der Waals surface area contributed by atoms with Gasteiger partial charge in [0.05, 0.1) is 0 Å². The fourth-order valence-electron chi connectivity index (χ4n) is 4.54. The van der Waals surface area contributed by atoms with Gasteiger partial charge in [0.1, 0.15) is 18.2 Å². The van der Waals surface area contributed by atoms with Gasteiger partial charge in [-0.2, -0.15) is 0 Å². The van der Waals surface area contributed by atoms with Gasteiger partial charge in [-0.3, -0.25) is 9.59 Å². The Balaban J connectivity index is 1.60. The highest BCUT2D eigenvalue weighted by Gasteiger charge is 2.49. The van der Waals surface area contributed by atoms with Crippen molar-refractivity contribution in [2.45, 2.75) is 32.2 Å². The zero-order valence-electron chi connectivity index (χ0n) is 19.3. The van der Waals surface area contributed by atoms with E-state index in [4.69, 9.17) is 14.2 Å². The van der Waals surface area contributed by atoms with Crippen LogP contribution in [0.25, 0.3) is 10.9 Å². The fraction of sp³-hybridized carbons (Fsp3) is 0.214. The molecule has 1 atom stereocenters. The number of nitrogens with one attached hydrogen (secondary N) is 1. The molecule has 2 heterocycles. The Morgan fingerprint density at radius 2 is 1.66 bits per heavy atom. The molecule has 4 aromatic rings. The maximum atomic E-state index is 13.7. The van der Waals surface area contributed by atoms with Gasteiger partial charge in [-0.25, -0.2) is 4.39 Å². The number of para-hydroxylation sites is 2. The van der Waals surface area contributed by atoms with E-state index in [1.165, 1.54) is 26.0 Å². The molecular weight excluding hydrogens is 449 g/mol. The molecule has 5 rings (SSSR count). The lowest BCUT2D eigenvalue weighted by atomic mass is 9.79. The van der Waals surface area contributed by atoms with E-state index in [0.717, 1.165) is 16.5 Å². The van der Waals surface area contributed by atoms with Gasteiger partial charge in [-0.1, -0.05) is 48.5 Å². The number of benzene rings is 3. The third kappa shape index (κ3) is 4.49. The normalized spacial score (nSPS) is 16.5. The summed E-state index contributed by atoms with van der Waals surface area (Å²) in [7, 11) is 0. The molecule has 0 amide bonds.